The molecule has 0 aliphatic carbocycles. The second-order valence-electron chi connectivity index (χ2n) is 4.98. The van der Waals surface area contributed by atoms with E-state index >= 15 is 0 Å². The van der Waals surface area contributed by atoms with Crippen LogP contribution in [0.15, 0.2) is 0 Å². The van der Waals surface area contributed by atoms with Gasteiger partial charge in [0, 0.05) is 33.9 Å². The van der Waals surface area contributed by atoms with Crippen LogP contribution in [0.5, 0.6) is 0 Å². The van der Waals surface area contributed by atoms with E-state index in [2.05, 4.69) is 16.3 Å². The Balaban J connectivity index is 4.00. The fourth-order valence-electron chi connectivity index (χ4n) is 1.88. The Bertz CT molecular complexity index is 256. The molecule has 0 saturated carbocycles. The van der Waals surface area contributed by atoms with E-state index in [1.165, 1.54) is 0 Å². The van der Waals surface area contributed by atoms with Crippen LogP contribution in [0.25, 0.3) is 0 Å². The van der Waals surface area contributed by atoms with E-state index in [0.29, 0.717) is 0 Å². The minimum atomic E-state index is -0.417. The highest BCUT2D eigenvalue weighted by Gasteiger charge is 2.20. The Morgan fingerprint density at radius 3 is 2.26 bits per heavy atom. The molecule has 0 aromatic carbocycles. The van der Waals surface area contributed by atoms with Crippen molar-refractivity contribution in [1.29, 1.82) is 5.26 Å². The minimum absolute atomic E-state index is 0.417. The minimum Gasteiger partial charge on any atom is -0.385 e. The number of ether oxygens (including phenoxy) is 2. The molecular weight excluding hydrogens is 242 g/mol. The third-order valence-electron chi connectivity index (χ3n) is 3.38. The zero-order valence-corrected chi connectivity index (χ0v) is 12.9. The summed E-state index contributed by atoms with van der Waals surface area (Å²) in [6, 6.07) is 2.32. The Kier molecular flexibility index (Phi) is 10.8. The SMILES string of the molecule is CNC(C)(C#N)CCCN(CCCOC)CCOC. The first-order chi connectivity index (χ1) is 9.11. The second kappa shape index (κ2) is 11.2. The molecule has 0 saturated heterocycles. The summed E-state index contributed by atoms with van der Waals surface area (Å²) in [6.45, 7) is 6.41. The Hall–Kier alpha value is -0.670. The van der Waals surface area contributed by atoms with Crippen molar-refractivity contribution >= 4 is 0 Å². The first-order valence-corrected chi connectivity index (χ1v) is 6.92. The van der Waals surface area contributed by atoms with Crippen molar-refractivity contribution in [2.45, 2.75) is 31.7 Å². The molecule has 1 unspecified atom stereocenters. The molecule has 0 bridgehead atoms. The number of nitrogens with one attached hydrogen (secondary N) is 1. The van der Waals surface area contributed by atoms with Crippen LogP contribution in [0.2, 0.25) is 0 Å². The lowest BCUT2D eigenvalue weighted by molar-refractivity contribution is 0.130. The van der Waals surface area contributed by atoms with Crippen LogP contribution in [-0.2, 0) is 9.47 Å². The van der Waals surface area contributed by atoms with Gasteiger partial charge in [-0.25, -0.2) is 0 Å². The van der Waals surface area contributed by atoms with Gasteiger partial charge in [-0.05, 0) is 39.8 Å². The van der Waals surface area contributed by atoms with E-state index in [0.717, 1.165) is 52.1 Å². The largest absolute Gasteiger partial charge is 0.385 e. The lowest BCUT2D eigenvalue weighted by Gasteiger charge is -2.25. The van der Waals surface area contributed by atoms with Gasteiger partial charge in [-0.15, -0.1) is 0 Å². The molecule has 0 aromatic rings. The number of hydrogen-bond acceptors (Lipinski definition) is 5. The number of methoxy groups -OCH3 is 2. The molecule has 0 spiro atoms. The smallest absolute Gasteiger partial charge is 0.103 e. The molecular formula is C14H29N3O2. The van der Waals surface area contributed by atoms with Gasteiger partial charge in [-0.1, -0.05) is 0 Å². The number of hydrogen-bond donors (Lipinski definition) is 1. The zero-order chi connectivity index (χ0) is 14.6. The van der Waals surface area contributed by atoms with Crippen LogP contribution in [0, 0.1) is 11.3 Å². The standard InChI is InChI=1S/C14H29N3O2/c1-14(13-15,16-2)7-5-8-17(10-12-19-4)9-6-11-18-3/h16H,5-12H2,1-4H3. The molecule has 0 aliphatic rings. The van der Waals surface area contributed by atoms with E-state index in [9.17, 15) is 0 Å². The molecule has 0 aromatic heterocycles. The van der Waals surface area contributed by atoms with Crippen LogP contribution < -0.4 is 5.32 Å². The third kappa shape index (κ3) is 8.95. The van der Waals surface area contributed by atoms with Gasteiger partial charge in [0.25, 0.3) is 0 Å². The lowest BCUT2D eigenvalue weighted by Crippen LogP contribution is -2.39. The first kappa shape index (κ1) is 18.3. The molecule has 0 fully saturated rings. The first-order valence-electron chi connectivity index (χ1n) is 6.92. The average Bonchev–Trinajstić information content (AvgIpc) is 2.44. The molecule has 1 atom stereocenters. The summed E-state index contributed by atoms with van der Waals surface area (Å²) in [5, 5.41) is 12.2. The molecule has 0 heterocycles. The molecule has 5 nitrogen and oxygen atoms in total. The molecule has 112 valence electrons. The van der Waals surface area contributed by atoms with Gasteiger partial charge in [0.2, 0.25) is 0 Å². The second-order valence-corrected chi connectivity index (χ2v) is 4.98. The molecule has 0 aliphatic heterocycles. The maximum atomic E-state index is 9.10. The van der Waals surface area contributed by atoms with Crippen LogP contribution in [-0.4, -0.2) is 64.6 Å². The molecule has 0 amide bonds. The summed E-state index contributed by atoms with van der Waals surface area (Å²) in [4.78, 5) is 2.37. The zero-order valence-electron chi connectivity index (χ0n) is 12.9. The van der Waals surface area contributed by atoms with Gasteiger partial charge in [-0.2, -0.15) is 5.26 Å². The van der Waals surface area contributed by atoms with Crippen molar-refractivity contribution in [3.05, 3.63) is 0 Å². The Morgan fingerprint density at radius 2 is 1.74 bits per heavy atom. The average molecular weight is 271 g/mol. The van der Waals surface area contributed by atoms with Gasteiger partial charge in [-0.3, -0.25) is 0 Å². The third-order valence-corrected chi connectivity index (χ3v) is 3.38. The quantitative estimate of drug-likeness (QED) is 0.541. The highest BCUT2D eigenvalue weighted by molar-refractivity contribution is 5.02. The van der Waals surface area contributed by atoms with Gasteiger partial charge in [0.1, 0.15) is 5.54 Å². The Labute approximate surface area is 117 Å². The fourth-order valence-corrected chi connectivity index (χ4v) is 1.88. The predicted octanol–water partition coefficient (Wildman–Crippen LogP) is 1.25. The highest BCUT2D eigenvalue weighted by atomic mass is 16.5. The van der Waals surface area contributed by atoms with E-state index < -0.39 is 5.54 Å². The molecule has 0 rings (SSSR count). The predicted molar refractivity (Wildman–Crippen MR) is 77.1 cm³/mol. The van der Waals surface area contributed by atoms with E-state index in [1.807, 2.05) is 14.0 Å². The maximum Gasteiger partial charge on any atom is 0.103 e. The van der Waals surface area contributed by atoms with E-state index in [1.54, 1.807) is 14.2 Å². The summed E-state index contributed by atoms with van der Waals surface area (Å²) < 4.78 is 10.2. The summed E-state index contributed by atoms with van der Waals surface area (Å²) in [7, 11) is 5.29. The van der Waals surface area contributed by atoms with Crippen molar-refractivity contribution in [3.8, 4) is 6.07 Å². The normalized spacial score (nSPS) is 14.3. The van der Waals surface area contributed by atoms with Crippen molar-refractivity contribution in [2.24, 2.45) is 0 Å². The van der Waals surface area contributed by atoms with Crippen molar-refractivity contribution < 1.29 is 9.47 Å². The van der Waals surface area contributed by atoms with Crippen LogP contribution in [0.3, 0.4) is 0 Å². The summed E-state index contributed by atoms with van der Waals surface area (Å²) in [6.07, 6.45) is 2.89. The molecule has 0 radical (unpaired) electrons. The molecule has 19 heavy (non-hydrogen) atoms. The number of rotatable bonds is 12. The molecule has 1 N–H and O–H groups in total. The summed E-state index contributed by atoms with van der Waals surface area (Å²) in [5.74, 6) is 0. The van der Waals surface area contributed by atoms with Crippen molar-refractivity contribution in [3.63, 3.8) is 0 Å². The van der Waals surface area contributed by atoms with Crippen LogP contribution in [0.4, 0.5) is 0 Å². The van der Waals surface area contributed by atoms with Crippen molar-refractivity contribution in [2.75, 3.05) is 54.1 Å². The maximum absolute atomic E-state index is 9.10. The van der Waals surface area contributed by atoms with Crippen LogP contribution in [0.1, 0.15) is 26.2 Å². The highest BCUT2D eigenvalue weighted by Crippen LogP contribution is 2.11. The van der Waals surface area contributed by atoms with E-state index in [4.69, 9.17) is 14.7 Å². The number of nitrogens with zero attached hydrogens (tertiary/aromatic N) is 2. The van der Waals surface area contributed by atoms with E-state index in [-0.39, 0.29) is 0 Å². The Morgan fingerprint density at radius 1 is 1.11 bits per heavy atom. The van der Waals surface area contributed by atoms with Gasteiger partial charge in [0.15, 0.2) is 0 Å². The monoisotopic (exact) mass is 271 g/mol. The fraction of sp³-hybridized carbons (Fsp3) is 0.929. The van der Waals surface area contributed by atoms with Gasteiger partial charge in [0.05, 0.1) is 12.7 Å². The van der Waals surface area contributed by atoms with Crippen LogP contribution >= 0.6 is 0 Å². The topological polar surface area (TPSA) is 57.5 Å². The number of nitriles is 1. The van der Waals surface area contributed by atoms with Gasteiger partial charge >= 0.3 is 0 Å². The lowest BCUT2D eigenvalue weighted by atomic mass is 9.98. The summed E-state index contributed by atoms with van der Waals surface area (Å²) in [5.41, 5.74) is -0.417. The molecule has 5 heteroatoms. The van der Waals surface area contributed by atoms with Gasteiger partial charge < -0.3 is 19.7 Å². The summed E-state index contributed by atoms with van der Waals surface area (Å²) >= 11 is 0. The van der Waals surface area contributed by atoms with Crippen molar-refractivity contribution in [1.82, 2.24) is 10.2 Å².